The Kier molecular flexibility index (Phi) is 7.02. The molecule has 0 heterocycles. The van der Waals surface area contributed by atoms with Crippen LogP contribution in [0.2, 0.25) is 5.02 Å². The molecule has 0 bridgehead atoms. The van der Waals surface area contributed by atoms with Gasteiger partial charge in [-0.25, -0.2) is 0 Å². The number of benzene rings is 1. The van der Waals surface area contributed by atoms with Gasteiger partial charge in [0.25, 0.3) is 5.91 Å². The zero-order valence-electron chi connectivity index (χ0n) is 12.5. The molecule has 116 valence electrons. The number of ether oxygens (including phenoxy) is 1. The van der Waals surface area contributed by atoms with Gasteiger partial charge in [0, 0.05) is 24.0 Å². The predicted molar refractivity (Wildman–Crippen MR) is 82.4 cm³/mol. The van der Waals surface area contributed by atoms with Gasteiger partial charge in [-0.05, 0) is 31.2 Å². The average Bonchev–Trinajstić information content (AvgIpc) is 2.45. The number of hydrogen-bond donors (Lipinski definition) is 2. The van der Waals surface area contributed by atoms with E-state index in [0.29, 0.717) is 23.9 Å². The van der Waals surface area contributed by atoms with Gasteiger partial charge in [-0.15, -0.1) is 0 Å². The number of rotatable bonds is 7. The fourth-order valence-electron chi connectivity index (χ4n) is 1.49. The van der Waals surface area contributed by atoms with Crippen LogP contribution in [-0.4, -0.2) is 31.0 Å². The molecule has 2 amide bonds. The van der Waals surface area contributed by atoms with Crippen molar-refractivity contribution in [3.05, 3.63) is 29.3 Å². The molecule has 2 N–H and O–H groups in total. The van der Waals surface area contributed by atoms with Gasteiger partial charge in [-0.3, -0.25) is 9.59 Å². The standard InChI is InChI=1S/C15H21ClN2O3/c1-10(2)14(19)17-8-9-18-15(20)11(3)21-13-6-4-12(16)5-7-13/h4-7,10-11H,8-9H2,1-3H3,(H,17,19)(H,18,20). The Morgan fingerprint density at radius 2 is 1.57 bits per heavy atom. The first-order valence-corrected chi connectivity index (χ1v) is 7.25. The van der Waals surface area contributed by atoms with E-state index in [0.717, 1.165) is 0 Å². The van der Waals surface area contributed by atoms with Crippen molar-refractivity contribution in [2.75, 3.05) is 13.1 Å². The molecule has 1 atom stereocenters. The molecule has 5 nitrogen and oxygen atoms in total. The summed E-state index contributed by atoms with van der Waals surface area (Å²) < 4.78 is 5.49. The SMILES string of the molecule is CC(C)C(=O)NCCNC(=O)C(C)Oc1ccc(Cl)cc1. The number of halogens is 1. The minimum absolute atomic E-state index is 0.0327. The Morgan fingerprint density at radius 1 is 1.05 bits per heavy atom. The zero-order valence-corrected chi connectivity index (χ0v) is 13.2. The molecule has 0 aromatic heterocycles. The van der Waals surface area contributed by atoms with E-state index < -0.39 is 6.10 Å². The fraction of sp³-hybridized carbons (Fsp3) is 0.467. The molecule has 0 fully saturated rings. The van der Waals surface area contributed by atoms with Crippen molar-refractivity contribution in [3.63, 3.8) is 0 Å². The molecule has 1 aromatic carbocycles. The Hall–Kier alpha value is -1.75. The normalized spacial score (nSPS) is 11.9. The molecule has 1 rings (SSSR count). The Morgan fingerprint density at radius 3 is 2.10 bits per heavy atom. The van der Waals surface area contributed by atoms with Crippen molar-refractivity contribution in [3.8, 4) is 5.75 Å². The number of carbonyl (C=O) groups is 2. The molecule has 0 aliphatic carbocycles. The molecule has 21 heavy (non-hydrogen) atoms. The van der Waals surface area contributed by atoms with Gasteiger partial charge >= 0.3 is 0 Å². The maximum Gasteiger partial charge on any atom is 0.260 e. The van der Waals surface area contributed by atoms with E-state index in [1.165, 1.54) is 0 Å². The molecule has 0 aliphatic rings. The lowest BCUT2D eigenvalue weighted by Crippen LogP contribution is -2.41. The summed E-state index contributed by atoms with van der Waals surface area (Å²) in [6, 6.07) is 6.80. The first-order valence-electron chi connectivity index (χ1n) is 6.87. The van der Waals surface area contributed by atoms with Crippen LogP contribution >= 0.6 is 11.6 Å². The van der Waals surface area contributed by atoms with Crippen molar-refractivity contribution in [1.82, 2.24) is 10.6 Å². The van der Waals surface area contributed by atoms with Crippen molar-refractivity contribution < 1.29 is 14.3 Å². The third kappa shape index (κ3) is 6.49. The van der Waals surface area contributed by atoms with E-state index in [4.69, 9.17) is 16.3 Å². The van der Waals surface area contributed by atoms with Crippen LogP contribution < -0.4 is 15.4 Å². The van der Waals surface area contributed by atoms with E-state index in [2.05, 4.69) is 10.6 Å². The number of nitrogens with one attached hydrogen (secondary N) is 2. The van der Waals surface area contributed by atoms with Crippen LogP contribution in [0.25, 0.3) is 0 Å². The molecule has 0 saturated carbocycles. The lowest BCUT2D eigenvalue weighted by molar-refractivity contribution is -0.128. The quantitative estimate of drug-likeness (QED) is 0.757. The third-order valence-corrected chi connectivity index (χ3v) is 3.00. The van der Waals surface area contributed by atoms with Crippen LogP contribution in [0.15, 0.2) is 24.3 Å². The molecular weight excluding hydrogens is 292 g/mol. The second-order valence-corrected chi connectivity index (χ2v) is 5.39. The summed E-state index contributed by atoms with van der Waals surface area (Å²) in [4.78, 5) is 23.1. The van der Waals surface area contributed by atoms with Gasteiger partial charge in [0.05, 0.1) is 0 Å². The van der Waals surface area contributed by atoms with Gasteiger partial charge in [0.15, 0.2) is 6.10 Å². The van der Waals surface area contributed by atoms with Crippen LogP contribution in [0.4, 0.5) is 0 Å². The van der Waals surface area contributed by atoms with Gasteiger partial charge in [0.2, 0.25) is 5.91 Å². The summed E-state index contributed by atoms with van der Waals surface area (Å²) in [6.45, 7) is 6.06. The average molecular weight is 313 g/mol. The maximum absolute atomic E-state index is 11.8. The summed E-state index contributed by atoms with van der Waals surface area (Å²) in [5, 5.41) is 6.04. The summed E-state index contributed by atoms with van der Waals surface area (Å²) in [6.07, 6.45) is -0.619. The third-order valence-electron chi connectivity index (χ3n) is 2.74. The summed E-state index contributed by atoms with van der Waals surface area (Å²) >= 11 is 5.77. The van der Waals surface area contributed by atoms with Crippen LogP contribution in [-0.2, 0) is 9.59 Å². The van der Waals surface area contributed by atoms with Gasteiger partial charge < -0.3 is 15.4 Å². The Balaban J connectivity index is 2.28. The highest BCUT2D eigenvalue weighted by atomic mass is 35.5. The molecular formula is C15H21ClN2O3. The van der Waals surface area contributed by atoms with E-state index >= 15 is 0 Å². The molecule has 6 heteroatoms. The summed E-state index contributed by atoms with van der Waals surface area (Å²) in [5.74, 6) is 0.251. The summed E-state index contributed by atoms with van der Waals surface area (Å²) in [7, 11) is 0. The monoisotopic (exact) mass is 312 g/mol. The fourth-order valence-corrected chi connectivity index (χ4v) is 1.62. The Bertz CT molecular complexity index is 474. The first-order chi connectivity index (χ1) is 9.90. The molecule has 1 unspecified atom stereocenters. The molecule has 0 aliphatic heterocycles. The van der Waals surface area contributed by atoms with Gasteiger partial charge in [0.1, 0.15) is 5.75 Å². The maximum atomic E-state index is 11.8. The van der Waals surface area contributed by atoms with E-state index in [-0.39, 0.29) is 17.7 Å². The lowest BCUT2D eigenvalue weighted by Gasteiger charge is -2.15. The van der Waals surface area contributed by atoms with Crippen molar-refractivity contribution in [1.29, 1.82) is 0 Å². The van der Waals surface area contributed by atoms with Crippen LogP contribution in [0.3, 0.4) is 0 Å². The number of hydrogen-bond acceptors (Lipinski definition) is 3. The second-order valence-electron chi connectivity index (χ2n) is 4.95. The molecule has 0 spiro atoms. The Labute approximate surface area is 130 Å². The highest BCUT2D eigenvalue weighted by Gasteiger charge is 2.14. The van der Waals surface area contributed by atoms with Crippen molar-refractivity contribution in [2.45, 2.75) is 26.9 Å². The topological polar surface area (TPSA) is 67.4 Å². The lowest BCUT2D eigenvalue weighted by atomic mass is 10.2. The molecule has 1 aromatic rings. The zero-order chi connectivity index (χ0) is 15.8. The van der Waals surface area contributed by atoms with Crippen LogP contribution in [0.5, 0.6) is 5.75 Å². The van der Waals surface area contributed by atoms with Crippen molar-refractivity contribution in [2.24, 2.45) is 5.92 Å². The molecule has 0 radical (unpaired) electrons. The van der Waals surface area contributed by atoms with Gasteiger partial charge in [-0.2, -0.15) is 0 Å². The van der Waals surface area contributed by atoms with E-state index in [9.17, 15) is 9.59 Å². The van der Waals surface area contributed by atoms with Gasteiger partial charge in [-0.1, -0.05) is 25.4 Å². The van der Waals surface area contributed by atoms with Crippen molar-refractivity contribution >= 4 is 23.4 Å². The predicted octanol–water partition coefficient (Wildman–Crippen LogP) is 2.00. The highest BCUT2D eigenvalue weighted by molar-refractivity contribution is 6.30. The van der Waals surface area contributed by atoms with Crippen LogP contribution in [0.1, 0.15) is 20.8 Å². The minimum Gasteiger partial charge on any atom is -0.481 e. The summed E-state index contributed by atoms with van der Waals surface area (Å²) in [5.41, 5.74) is 0. The smallest absolute Gasteiger partial charge is 0.260 e. The van der Waals surface area contributed by atoms with Crippen LogP contribution in [0, 0.1) is 5.92 Å². The van der Waals surface area contributed by atoms with E-state index in [1.54, 1.807) is 31.2 Å². The molecule has 0 saturated heterocycles. The van der Waals surface area contributed by atoms with E-state index in [1.807, 2.05) is 13.8 Å². The largest absolute Gasteiger partial charge is 0.481 e. The second kappa shape index (κ2) is 8.52. The number of carbonyl (C=O) groups excluding carboxylic acids is 2. The number of amides is 2. The first kappa shape index (κ1) is 17.3. The minimum atomic E-state index is -0.619. The highest BCUT2D eigenvalue weighted by Crippen LogP contribution is 2.16.